The third-order valence-electron chi connectivity index (χ3n) is 3.35. The maximum Gasteiger partial charge on any atom is 0.162 e. The number of ether oxygens (including phenoxy) is 1. The molecule has 2 rings (SSSR count). The van der Waals surface area contributed by atoms with Gasteiger partial charge >= 0.3 is 0 Å². The zero-order valence-corrected chi connectivity index (χ0v) is 10.2. The second-order valence-electron chi connectivity index (χ2n) is 4.55. The predicted molar refractivity (Wildman–Crippen MR) is 67.5 cm³/mol. The minimum absolute atomic E-state index is 0.236. The fraction of sp³-hybridized carbons (Fsp3) is 0.500. The molecule has 3 nitrogen and oxygen atoms in total. The minimum Gasteiger partial charge on any atom is -0.497 e. The summed E-state index contributed by atoms with van der Waals surface area (Å²) < 4.78 is 5.07. The van der Waals surface area contributed by atoms with Crippen LogP contribution in [0.25, 0.3) is 0 Å². The number of benzene rings is 1. The van der Waals surface area contributed by atoms with Crippen molar-refractivity contribution in [3.8, 4) is 5.75 Å². The van der Waals surface area contributed by atoms with Gasteiger partial charge in [0.15, 0.2) is 5.78 Å². The SMILES string of the molecule is COc1ccc(C(=O)CCC2CCNC2)cc1. The molecule has 1 aromatic rings. The van der Waals surface area contributed by atoms with E-state index in [1.165, 1.54) is 6.42 Å². The topological polar surface area (TPSA) is 38.3 Å². The van der Waals surface area contributed by atoms with Crippen molar-refractivity contribution in [1.82, 2.24) is 5.32 Å². The molecule has 1 atom stereocenters. The summed E-state index contributed by atoms with van der Waals surface area (Å²) in [5.41, 5.74) is 0.789. The molecular formula is C14H19NO2. The summed E-state index contributed by atoms with van der Waals surface area (Å²) in [6.07, 6.45) is 2.85. The van der Waals surface area contributed by atoms with E-state index in [0.29, 0.717) is 12.3 Å². The Kier molecular flexibility index (Phi) is 4.15. The van der Waals surface area contributed by atoms with Crippen LogP contribution in [0.1, 0.15) is 29.6 Å². The van der Waals surface area contributed by atoms with Crippen molar-refractivity contribution in [3.63, 3.8) is 0 Å². The van der Waals surface area contributed by atoms with E-state index in [1.807, 2.05) is 24.3 Å². The molecule has 0 saturated carbocycles. The smallest absolute Gasteiger partial charge is 0.162 e. The Balaban J connectivity index is 1.85. The average Bonchev–Trinajstić information content (AvgIpc) is 2.89. The molecule has 0 spiro atoms. The summed E-state index contributed by atoms with van der Waals surface area (Å²) in [6, 6.07) is 7.36. The van der Waals surface area contributed by atoms with E-state index in [-0.39, 0.29) is 5.78 Å². The molecule has 0 radical (unpaired) electrons. The van der Waals surface area contributed by atoms with Crippen molar-refractivity contribution in [2.75, 3.05) is 20.2 Å². The van der Waals surface area contributed by atoms with Crippen LogP contribution >= 0.6 is 0 Å². The summed E-state index contributed by atoms with van der Waals surface area (Å²) in [5.74, 6) is 1.71. The minimum atomic E-state index is 0.236. The molecule has 1 aromatic carbocycles. The molecule has 1 aliphatic heterocycles. The van der Waals surface area contributed by atoms with E-state index in [1.54, 1.807) is 7.11 Å². The first-order valence-electron chi connectivity index (χ1n) is 6.17. The molecule has 0 amide bonds. The number of carbonyl (C=O) groups excluding carboxylic acids is 1. The molecule has 0 aliphatic carbocycles. The van der Waals surface area contributed by atoms with Gasteiger partial charge in [0.05, 0.1) is 7.11 Å². The van der Waals surface area contributed by atoms with Crippen molar-refractivity contribution < 1.29 is 9.53 Å². The highest BCUT2D eigenvalue weighted by molar-refractivity contribution is 5.96. The molecule has 1 N–H and O–H groups in total. The van der Waals surface area contributed by atoms with Crippen LogP contribution in [0.3, 0.4) is 0 Å². The fourth-order valence-electron chi connectivity index (χ4n) is 2.22. The van der Waals surface area contributed by atoms with Gasteiger partial charge in [0.2, 0.25) is 0 Å². The van der Waals surface area contributed by atoms with Crippen molar-refractivity contribution in [2.24, 2.45) is 5.92 Å². The van der Waals surface area contributed by atoms with Gasteiger partial charge in [0.25, 0.3) is 0 Å². The van der Waals surface area contributed by atoms with Crippen LogP contribution in [0.4, 0.5) is 0 Å². The second-order valence-corrected chi connectivity index (χ2v) is 4.55. The van der Waals surface area contributed by atoms with E-state index >= 15 is 0 Å². The van der Waals surface area contributed by atoms with Gasteiger partial charge in [-0.1, -0.05) is 0 Å². The first kappa shape index (κ1) is 12.1. The van der Waals surface area contributed by atoms with Crippen LogP contribution in [0.5, 0.6) is 5.75 Å². The molecule has 17 heavy (non-hydrogen) atoms. The highest BCUT2D eigenvalue weighted by atomic mass is 16.5. The number of hydrogen-bond donors (Lipinski definition) is 1. The third-order valence-corrected chi connectivity index (χ3v) is 3.35. The van der Waals surface area contributed by atoms with Crippen LogP contribution < -0.4 is 10.1 Å². The van der Waals surface area contributed by atoms with Gasteiger partial charge < -0.3 is 10.1 Å². The Morgan fingerprint density at radius 2 is 2.18 bits per heavy atom. The molecule has 3 heteroatoms. The average molecular weight is 233 g/mol. The number of hydrogen-bond acceptors (Lipinski definition) is 3. The number of ketones is 1. The summed E-state index contributed by atoms with van der Waals surface area (Å²) in [6.45, 7) is 2.16. The van der Waals surface area contributed by atoms with Gasteiger partial charge in [-0.3, -0.25) is 4.79 Å². The Bertz CT molecular complexity index is 366. The Morgan fingerprint density at radius 3 is 2.76 bits per heavy atom. The molecule has 1 heterocycles. The monoisotopic (exact) mass is 233 g/mol. The number of nitrogens with one attached hydrogen (secondary N) is 1. The maximum atomic E-state index is 11.9. The molecular weight excluding hydrogens is 214 g/mol. The zero-order chi connectivity index (χ0) is 12.1. The number of methoxy groups -OCH3 is 1. The Morgan fingerprint density at radius 1 is 1.41 bits per heavy atom. The summed E-state index contributed by atoms with van der Waals surface area (Å²) in [7, 11) is 1.63. The highest BCUT2D eigenvalue weighted by Crippen LogP contribution is 2.18. The normalized spacial score (nSPS) is 19.2. The van der Waals surface area contributed by atoms with Crippen molar-refractivity contribution in [2.45, 2.75) is 19.3 Å². The number of Topliss-reactive ketones (excluding diaryl/α,β-unsaturated/α-hetero) is 1. The molecule has 0 bridgehead atoms. The van der Waals surface area contributed by atoms with Crippen molar-refractivity contribution in [3.05, 3.63) is 29.8 Å². The lowest BCUT2D eigenvalue weighted by Crippen LogP contribution is -2.10. The van der Waals surface area contributed by atoms with Gasteiger partial charge in [-0.2, -0.15) is 0 Å². The van der Waals surface area contributed by atoms with Crippen LogP contribution in [0.15, 0.2) is 24.3 Å². The Hall–Kier alpha value is -1.35. The summed E-state index contributed by atoms with van der Waals surface area (Å²) >= 11 is 0. The lowest BCUT2D eigenvalue weighted by Gasteiger charge is -2.07. The number of rotatable bonds is 5. The van der Waals surface area contributed by atoms with Gasteiger partial charge in [-0.25, -0.2) is 0 Å². The third kappa shape index (κ3) is 3.30. The summed E-state index contributed by atoms with van der Waals surface area (Å²) in [4.78, 5) is 11.9. The van der Waals surface area contributed by atoms with Gasteiger partial charge in [-0.15, -0.1) is 0 Å². The molecule has 1 unspecified atom stereocenters. The Labute approximate surface area is 102 Å². The highest BCUT2D eigenvalue weighted by Gasteiger charge is 2.16. The molecule has 0 aromatic heterocycles. The molecule has 1 fully saturated rings. The van der Waals surface area contributed by atoms with E-state index in [2.05, 4.69) is 5.32 Å². The first-order chi connectivity index (χ1) is 8.29. The van der Waals surface area contributed by atoms with Crippen LogP contribution in [0.2, 0.25) is 0 Å². The van der Waals surface area contributed by atoms with Crippen LogP contribution in [0, 0.1) is 5.92 Å². The maximum absolute atomic E-state index is 11.9. The summed E-state index contributed by atoms with van der Waals surface area (Å²) in [5, 5.41) is 3.32. The zero-order valence-electron chi connectivity index (χ0n) is 10.2. The molecule has 1 aliphatic rings. The predicted octanol–water partition coefficient (Wildman–Crippen LogP) is 2.27. The molecule has 92 valence electrons. The second kappa shape index (κ2) is 5.82. The van der Waals surface area contributed by atoms with E-state index in [4.69, 9.17) is 4.74 Å². The quantitative estimate of drug-likeness (QED) is 0.793. The van der Waals surface area contributed by atoms with Gasteiger partial charge in [0.1, 0.15) is 5.75 Å². The lowest BCUT2D eigenvalue weighted by atomic mass is 9.98. The standard InChI is InChI=1S/C14H19NO2/c1-17-13-5-3-12(4-6-13)14(16)7-2-11-8-9-15-10-11/h3-6,11,15H,2,7-10H2,1H3. The largest absolute Gasteiger partial charge is 0.497 e. The fourth-order valence-corrected chi connectivity index (χ4v) is 2.22. The lowest BCUT2D eigenvalue weighted by molar-refractivity contribution is 0.0974. The van der Waals surface area contributed by atoms with Crippen molar-refractivity contribution >= 4 is 5.78 Å². The van der Waals surface area contributed by atoms with Crippen LogP contribution in [-0.4, -0.2) is 26.0 Å². The van der Waals surface area contributed by atoms with Crippen LogP contribution in [-0.2, 0) is 0 Å². The first-order valence-corrected chi connectivity index (χ1v) is 6.17. The van der Waals surface area contributed by atoms with Gasteiger partial charge in [0, 0.05) is 12.0 Å². The molecule has 1 saturated heterocycles. The van der Waals surface area contributed by atoms with Gasteiger partial charge in [-0.05, 0) is 56.1 Å². The van der Waals surface area contributed by atoms with E-state index in [0.717, 1.165) is 30.8 Å². The van der Waals surface area contributed by atoms with E-state index in [9.17, 15) is 4.79 Å². The number of carbonyl (C=O) groups is 1. The van der Waals surface area contributed by atoms with Crippen molar-refractivity contribution in [1.29, 1.82) is 0 Å². The van der Waals surface area contributed by atoms with E-state index < -0.39 is 0 Å².